The predicted molar refractivity (Wildman–Crippen MR) is 101 cm³/mol. The van der Waals surface area contributed by atoms with E-state index in [1.807, 2.05) is 30.3 Å². The highest BCUT2D eigenvalue weighted by Crippen LogP contribution is 2.28. The van der Waals surface area contributed by atoms with Crippen LogP contribution in [0.3, 0.4) is 0 Å². The zero-order valence-electron chi connectivity index (χ0n) is 14.1. The molecule has 1 N–H and O–H groups in total. The van der Waals surface area contributed by atoms with Crippen molar-refractivity contribution in [1.29, 1.82) is 0 Å². The van der Waals surface area contributed by atoms with Gasteiger partial charge < -0.3 is 9.52 Å². The van der Waals surface area contributed by atoms with Gasteiger partial charge in [0.05, 0.1) is 23.1 Å². The summed E-state index contributed by atoms with van der Waals surface area (Å²) in [6.45, 7) is 0. The molecule has 0 bridgehead atoms. The lowest BCUT2D eigenvalue weighted by Crippen LogP contribution is -2.21. The van der Waals surface area contributed by atoms with E-state index in [1.165, 1.54) is 23.4 Å². The number of carbonyl (C=O) groups excluding carboxylic acids is 1. The molecule has 132 valence electrons. The molecule has 0 spiro atoms. The van der Waals surface area contributed by atoms with Crippen LogP contribution >= 0.6 is 0 Å². The van der Waals surface area contributed by atoms with Crippen LogP contribution in [0.5, 0.6) is 0 Å². The Morgan fingerprint density at radius 2 is 1.74 bits per heavy atom. The Labute approximate surface area is 154 Å². The average Bonchev–Trinajstić information content (AvgIpc) is 3.32. The maximum Gasteiger partial charge on any atom is 0.335 e. The van der Waals surface area contributed by atoms with E-state index in [1.54, 1.807) is 30.3 Å². The van der Waals surface area contributed by atoms with Crippen molar-refractivity contribution >= 4 is 29.4 Å². The van der Waals surface area contributed by atoms with Gasteiger partial charge >= 0.3 is 5.97 Å². The predicted octanol–water partition coefficient (Wildman–Crippen LogP) is 3.81. The van der Waals surface area contributed by atoms with Gasteiger partial charge in [0.1, 0.15) is 11.5 Å². The van der Waals surface area contributed by atoms with E-state index in [4.69, 9.17) is 9.52 Å². The van der Waals surface area contributed by atoms with Gasteiger partial charge in [-0.1, -0.05) is 30.3 Å². The van der Waals surface area contributed by atoms with Crippen LogP contribution in [0, 0.1) is 0 Å². The quantitative estimate of drug-likeness (QED) is 0.719. The second-order valence-electron chi connectivity index (χ2n) is 5.86. The Morgan fingerprint density at radius 1 is 1.00 bits per heavy atom. The second kappa shape index (κ2) is 6.76. The monoisotopic (exact) mass is 358 g/mol. The van der Waals surface area contributed by atoms with Gasteiger partial charge in [0, 0.05) is 5.56 Å². The number of carbonyl (C=O) groups is 2. The van der Waals surface area contributed by atoms with Crippen molar-refractivity contribution in [3.8, 4) is 0 Å². The molecule has 3 aromatic rings. The van der Waals surface area contributed by atoms with Crippen LogP contribution in [-0.2, 0) is 4.79 Å². The van der Waals surface area contributed by atoms with E-state index in [0.29, 0.717) is 22.7 Å². The SMILES string of the molecule is O=C(O)c1ccc(N2N=C(c3ccccc3)C(=Cc3ccco3)C2=O)cc1. The first-order valence-electron chi connectivity index (χ1n) is 8.21. The molecule has 6 heteroatoms. The van der Waals surface area contributed by atoms with Gasteiger partial charge in [0.2, 0.25) is 0 Å². The first kappa shape index (κ1) is 16.5. The number of hydrogen-bond donors (Lipinski definition) is 1. The Kier molecular flexibility index (Phi) is 4.14. The van der Waals surface area contributed by atoms with E-state index in [-0.39, 0.29) is 11.5 Å². The molecule has 1 aromatic heterocycles. The molecule has 1 amide bonds. The van der Waals surface area contributed by atoms with Crippen LogP contribution in [-0.4, -0.2) is 22.7 Å². The number of rotatable bonds is 4. The molecule has 0 radical (unpaired) electrons. The number of hydrazone groups is 1. The van der Waals surface area contributed by atoms with Crippen molar-refractivity contribution in [3.05, 3.63) is 95.5 Å². The van der Waals surface area contributed by atoms with Gasteiger partial charge in [-0.05, 0) is 42.5 Å². The average molecular weight is 358 g/mol. The molecular weight excluding hydrogens is 344 g/mol. The molecule has 0 saturated carbocycles. The maximum absolute atomic E-state index is 13.0. The Morgan fingerprint density at radius 3 is 2.37 bits per heavy atom. The molecule has 0 atom stereocenters. The van der Waals surface area contributed by atoms with E-state index < -0.39 is 5.97 Å². The van der Waals surface area contributed by atoms with Gasteiger partial charge in [-0.3, -0.25) is 4.79 Å². The summed E-state index contributed by atoms with van der Waals surface area (Å²) < 4.78 is 5.34. The van der Waals surface area contributed by atoms with Gasteiger partial charge in [-0.15, -0.1) is 0 Å². The van der Waals surface area contributed by atoms with E-state index in [9.17, 15) is 9.59 Å². The molecule has 2 aromatic carbocycles. The van der Waals surface area contributed by atoms with Crippen LogP contribution in [0.2, 0.25) is 0 Å². The molecule has 27 heavy (non-hydrogen) atoms. The molecule has 0 saturated heterocycles. The molecule has 4 rings (SSSR count). The summed E-state index contributed by atoms with van der Waals surface area (Å²) in [6.07, 6.45) is 3.19. The summed E-state index contributed by atoms with van der Waals surface area (Å²) in [5, 5.41) is 14.8. The number of amides is 1. The van der Waals surface area contributed by atoms with E-state index in [0.717, 1.165) is 5.56 Å². The number of hydrogen-bond acceptors (Lipinski definition) is 4. The van der Waals surface area contributed by atoms with Gasteiger partial charge in [-0.25, -0.2) is 4.79 Å². The highest BCUT2D eigenvalue weighted by Gasteiger charge is 2.32. The highest BCUT2D eigenvalue weighted by molar-refractivity contribution is 6.37. The first-order chi connectivity index (χ1) is 13.1. The summed E-state index contributed by atoms with van der Waals surface area (Å²) in [7, 11) is 0. The third kappa shape index (κ3) is 3.16. The van der Waals surface area contributed by atoms with Gasteiger partial charge in [0.15, 0.2) is 0 Å². The second-order valence-corrected chi connectivity index (χ2v) is 5.86. The lowest BCUT2D eigenvalue weighted by Gasteiger charge is -2.11. The van der Waals surface area contributed by atoms with Crippen LogP contribution in [0.4, 0.5) is 5.69 Å². The standard InChI is InChI=1S/C21H14N2O4/c24-20-18(13-17-7-4-12-27-17)19(14-5-2-1-3-6-14)22-23(20)16-10-8-15(9-11-16)21(25)26/h1-13H,(H,25,26). The normalized spacial score (nSPS) is 15.3. The zero-order chi connectivity index (χ0) is 18.8. The summed E-state index contributed by atoms with van der Waals surface area (Å²) in [5.41, 5.74) is 2.36. The largest absolute Gasteiger partial charge is 0.478 e. The molecule has 6 nitrogen and oxygen atoms in total. The molecule has 0 fully saturated rings. The number of furan rings is 1. The van der Waals surface area contributed by atoms with Gasteiger partial charge in [0.25, 0.3) is 5.91 Å². The van der Waals surface area contributed by atoms with Gasteiger partial charge in [-0.2, -0.15) is 10.1 Å². The smallest absolute Gasteiger partial charge is 0.335 e. The van der Waals surface area contributed by atoms with Crippen LogP contribution in [0.1, 0.15) is 21.7 Å². The van der Waals surface area contributed by atoms with Crippen LogP contribution in [0.25, 0.3) is 6.08 Å². The Bertz CT molecular complexity index is 1050. The van der Waals surface area contributed by atoms with Crippen molar-refractivity contribution in [2.75, 3.05) is 5.01 Å². The summed E-state index contributed by atoms with van der Waals surface area (Å²) in [4.78, 5) is 24.1. The summed E-state index contributed by atoms with van der Waals surface area (Å²) in [5.74, 6) is -0.792. The number of benzene rings is 2. The molecular formula is C21H14N2O4. The molecule has 2 heterocycles. The van der Waals surface area contributed by atoms with Crippen molar-refractivity contribution < 1.29 is 19.1 Å². The van der Waals surface area contributed by atoms with Crippen molar-refractivity contribution in [2.24, 2.45) is 5.10 Å². The molecule has 0 unspecified atom stereocenters. The van der Waals surface area contributed by atoms with E-state index in [2.05, 4.69) is 5.10 Å². The lowest BCUT2D eigenvalue weighted by atomic mass is 10.0. The fourth-order valence-corrected chi connectivity index (χ4v) is 2.79. The number of aromatic carboxylic acids is 1. The van der Waals surface area contributed by atoms with Crippen LogP contribution < -0.4 is 5.01 Å². The third-order valence-electron chi connectivity index (χ3n) is 4.11. The topological polar surface area (TPSA) is 83.1 Å². The summed E-state index contributed by atoms with van der Waals surface area (Å²) in [6, 6.07) is 18.9. The molecule has 0 aliphatic carbocycles. The lowest BCUT2D eigenvalue weighted by molar-refractivity contribution is -0.114. The summed E-state index contributed by atoms with van der Waals surface area (Å²) >= 11 is 0. The zero-order valence-corrected chi connectivity index (χ0v) is 14.1. The number of anilines is 1. The minimum Gasteiger partial charge on any atom is -0.478 e. The number of nitrogens with zero attached hydrogens (tertiary/aromatic N) is 2. The fraction of sp³-hybridized carbons (Fsp3) is 0. The fourth-order valence-electron chi connectivity index (χ4n) is 2.79. The van der Waals surface area contributed by atoms with Crippen molar-refractivity contribution in [2.45, 2.75) is 0 Å². The van der Waals surface area contributed by atoms with Crippen molar-refractivity contribution in [3.63, 3.8) is 0 Å². The Balaban J connectivity index is 1.78. The molecule has 1 aliphatic heterocycles. The number of carboxylic acids is 1. The maximum atomic E-state index is 13.0. The van der Waals surface area contributed by atoms with Crippen molar-refractivity contribution in [1.82, 2.24) is 0 Å². The number of carboxylic acid groups (broad SMARTS) is 1. The minimum absolute atomic E-state index is 0.143. The molecule has 1 aliphatic rings. The van der Waals surface area contributed by atoms with E-state index >= 15 is 0 Å². The van der Waals surface area contributed by atoms with Crippen LogP contribution in [0.15, 0.2) is 88.1 Å². The third-order valence-corrected chi connectivity index (χ3v) is 4.11. The first-order valence-corrected chi connectivity index (χ1v) is 8.21. The minimum atomic E-state index is -1.03. The Hall–Kier alpha value is -3.93. The highest BCUT2D eigenvalue weighted by atomic mass is 16.4.